The lowest BCUT2D eigenvalue weighted by Crippen LogP contribution is -2.33. The minimum Gasteiger partial charge on any atom is -0.329 e. The van der Waals surface area contributed by atoms with E-state index < -0.39 is 10.0 Å². The summed E-state index contributed by atoms with van der Waals surface area (Å²) in [5, 5.41) is 4.26. The standard InChI is InChI=1S/C12H22N4O2S/c1-9-12(10(2)16(14-9)8-7-13)19(17,18)15-11-5-3-4-6-11/h11,15H,3-8,13H2,1-2H3. The zero-order valence-electron chi connectivity index (χ0n) is 11.5. The number of nitrogens with one attached hydrogen (secondary N) is 1. The van der Waals surface area contributed by atoms with Crippen molar-refractivity contribution in [3.63, 3.8) is 0 Å². The molecule has 1 fully saturated rings. The molecule has 1 heterocycles. The summed E-state index contributed by atoms with van der Waals surface area (Å²) in [4.78, 5) is 0.313. The van der Waals surface area contributed by atoms with E-state index in [4.69, 9.17) is 5.73 Å². The van der Waals surface area contributed by atoms with Crippen molar-refractivity contribution < 1.29 is 8.42 Å². The lowest BCUT2D eigenvalue weighted by molar-refractivity contribution is 0.550. The second kappa shape index (κ2) is 5.60. The van der Waals surface area contributed by atoms with Gasteiger partial charge in [-0.15, -0.1) is 0 Å². The molecule has 108 valence electrons. The number of aromatic nitrogens is 2. The van der Waals surface area contributed by atoms with Crippen molar-refractivity contribution in [3.05, 3.63) is 11.4 Å². The van der Waals surface area contributed by atoms with Gasteiger partial charge >= 0.3 is 0 Å². The number of rotatable bonds is 5. The van der Waals surface area contributed by atoms with Crippen LogP contribution in [0, 0.1) is 13.8 Å². The Labute approximate surface area is 114 Å². The van der Waals surface area contributed by atoms with E-state index in [1.165, 1.54) is 0 Å². The summed E-state index contributed by atoms with van der Waals surface area (Å²) < 4.78 is 29.4. The summed E-state index contributed by atoms with van der Waals surface area (Å²) in [5.74, 6) is 0. The second-order valence-electron chi connectivity index (χ2n) is 5.11. The number of hydrogen-bond acceptors (Lipinski definition) is 4. The molecule has 0 saturated heterocycles. The molecule has 1 aliphatic rings. The van der Waals surface area contributed by atoms with Crippen molar-refractivity contribution in [1.29, 1.82) is 0 Å². The molecule has 0 atom stereocenters. The van der Waals surface area contributed by atoms with E-state index in [0.717, 1.165) is 25.7 Å². The maximum Gasteiger partial charge on any atom is 0.244 e. The van der Waals surface area contributed by atoms with Gasteiger partial charge in [0.25, 0.3) is 0 Å². The van der Waals surface area contributed by atoms with Gasteiger partial charge in [-0.1, -0.05) is 12.8 Å². The minimum absolute atomic E-state index is 0.0710. The molecule has 0 aromatic carbocycles. The zero-order valence-corrected chi connectivity index (χ0v) is 12.3. The molecule has 0 radical (unpaired) electrons. The molecule has 1 saturated carbocycles. The van der Waals surface area contributed by atoms with Gasteiger partial charge in [0.05, 0.1) is 17.9 Å². The molecule has 19 heavy (non-hydrogen) atoms. The Kier molecular flexibility index (Phi) is 4.27. The fourth-order valence-corrected chi connectivity index (χ4v) is 4.45. The number of sulfonamides is 1. The summed E-state index contributed by atoms with van der Waals surface area (Å²) in [6.45, 7) is 4.48. The minimum atomic E-state index is -3.48. The molecule has 2 rings (SSSR count). The molecule has 1 aliphatic carbocycles. The highest BCUT2D eigenvalue weighted by molar-refractivity contribution is 7.89. The second-order valence-corrected chi connectivity index (χ2v) is 6.77. The van der Waals surface area contributed by atoms with Gasteiger partial charge in [-0.25, -0.2) is 13.1 Å². The maximum absolute atomic E-state index is 12.5. The van der Waals surface area contributed by atoms with Crippen LogP contribution >= 0.6 is 0 Å². The van der Waals surface area contributed by atoms with Crippen LogP contribution in [0.25, 0.3) is 0 Å². The first-order chi connectivity index (χ1) is 8.95. The van der Waals surface area contributed by atoms with Crippen LogP contribution in [0.5, 0.6) is 0 Å². The van der Waals surface area contributed by atoms with Crippen LogP contribution in [0.3, 0.4) is 0 Å². The molecule has 0 amide bonds. The van der Waals surface area contributed by atoms with Gasteiger partial charge in [-0.3, -0.25) is 4.68 Å². The van der Waals surface area contributed by atoms with Crippen molar-refractivity contribution in [2.24, 2.45) is 5.73 Å². The highest BCUT2D eigenvalue weighted by Gasteiger charge is 2.28. The Morgan fingerprint density at radius 3 is 2.58 bits per heavy atom. The summed E-state index contributed by atoms with van der Waals surface area (Å²) in [7, 11) is -3.48. The Balaban J connectivity index is 2.29. The third-order valence-electron chi connectivity index (χ3n) is 3.60. The normalized spacial score (nSPS) is 17.2. The van der Waals surface area contributed by atoms with Crippen molar-refractivity contribution in [3.8, 4) is 0 Å². The predicted octanol–water partition coefficient (Wildman–Crippen LogP) is 0.680. The fourth-order valence-electron chi connectivity index (χ4n) is 2.73. The summed E-state index contributed by atoms with van der Waals surface area (Å²) in [5.41, 5.74) is 6.70. The molecule has 0 aliphatic heterocycles. The fraction of sp³-hybridized carbons (Fsp3) is 0.750. The summed E-state index contributed by atoms with van der Waals surface area (Å²) in [6.07, 6.45) is 4.04. The summed E-state index contributed by atoms with van der Waals surface area (Å²) >= 11 is 0. The third-order valence-corrected chi connectivity index (χ3v) is 5.37. The lowest BCUT2D eigenvalue weighted by Gasteiger charge is -2.12. The maximum atomic E-state index is 12.5. The Morgan fingerprint density at radius 2 is 2.00 bits per heavy atom. The first kappa shape index (κ1) is 14.5. The van der Waals surface area contributed by atoms with E-state index in [-0.39, 0.29) is 6.04 Å². The van der Waals surface area contributed by atoms with Crippen LogP contribution in [0.2, 0.25) is 0 Å². The van der Waals surface area contributed by atoms with Gasteiger partial charge in [-0.2, -0.15) is 5.10 Å². The van der Waals surface area contributed by atoms with Gasteiger partial charge in [0.1, 0.15) is 4.90 Å². The predicted molar refractivity (Wildman–Crippen MR) is 73.3 cm³/mol. The highest BCUT2D eigenvalue weighted by atomic mass is 32.2. The van der Waals surface area contributed by atoms with Crippen LogP contribution in [-0.4, -0.2) is 30.8 Å². The Morgan fingerprint density at radius 1 is 1.37 bits per heavy atom. The smallest absolute Gasteiger partial charge is 0.244 e. The quantitative estimate of drug-likeness (QED) is 0.833. The third kappa shape index (κ3) is 2.98. The number of hydrogen-bond donors (Lipinski definition) is 2. The van der Waals surface area contributed by atoms with Crippen molar-refractivity contribution in [2.45, 2.75) is 57.0 Å². The Hall–Kier alpha value is -0.920. The molecule has 0 bridgehead atoms. The zero-order chi connectivity index (χ0) is 14.0. The van der Waals surface area contributed by atoms with E-state index in [1.807, 2.05) is 0 Å². The van der Waals surface area contributed by atoms with E-state index in [0.29, 0.717) is 29.4 Å². The van der Waals surface area contributed by atoms with Gasteiger partial charge in [-0.05, 0) is 26.7 Å². The topological polar surface area (TPSA) is 90.0 Å². The average Bonchev–Trinajstić information content (AvgIpc) is 2.88. The molecule has 3 N–H and O–H groups in total. The van der Waals surface area contributed by atoms with E-state index in [9.17, 15) is 8.42 Å². The summed E-state index contributed by atoms with van der Waals surface area (Å²) in [6, 6.07) is 0.0710. The van der Waals surface area contributed by atoms with Crippen molar-refractivity contribution in [1.82, 2.24) is 14.5 Å². The monoisotopic (exact) mass is 286 g/mol. The number of nitrogens with zero attached hydrogens (tertiary/aromatic N) is 2. The molecule has 7 heteroatoms. The van der Waals surface area contributed by atoms with Crippen LogP contribution in [-0.2, 0) is 16.6 Å². The molecular weight excluding hydrogens is 264 g/mol. The van der Waals surface area contributed by atoms with E-state index in [1.54, 1.807) is 18.5 Å². The molecule has 0 unspecified atom stereocenters. The van der Waals surface area contributed by atoms with E-state index >= 15 is 0 Å². The van der Waals surface area contributed by atoms with Crippen LogP contribution in [0.4, 0.5) is 0 Å². The van der Waals surface area contributed by atoms with Gasteiger partial charge < -0.3 is 5.73 Å². The molecule has 1 aromatic rings. The van der Waals surface area contributed by atoms with Crippen molar-refractivity contribution >= 4 is 10.0 Å². The first-order valence-electron chi connectivity index (χ1n) is 6.72. The van der Waals surface area contributed by atoms with Crippen LogP contribution in [0.15, 0.2) is 4.90 Å². The molecular formula is C12H22N4O2S. The molecule has 0 spiro atoms. The van der Waals surface area contributed by atoms with Crippen LogP contribution < -0.4 is 10.5 Å². The largest absolute Gasteiger partial charge is 0.329 e. The molecule has 6 nitrogen and oxygen atoms in total. The lowest BCUT2D eigenvalue weighted by atomic mass is 10.3. The average molecular weight is 286 g/mol. The number of nitrogens with two attached hydrogens (primary N) is 1. The van der Waals surface area contributed by atoms with Crippen molar-refractivity contribution in [2.75, 3.05) is 6.54 Å². The Bertz CT molecular complexity index is 544. The van der Waals surface area contributed by atoms with Gasteiger partial charge in [0.2, 0.25) is 10.0 Å². The van der Waals surface area contributed by atoms with Gasteiger partial charge in [0, 0.05) is 12.6 Å². The first-order valence-corrected chi connectivity index (χ1v) is 8.20. The van der Waals surface area contributed by atoms with Gasteiger partial charge in [0.15, 0.2) is 0 Å². The SMILES string of the molecule is Cc1nn(CCN)c(C)c1S(=O)(=O)NC1CCCC1. The number of aryl methyl sites for hydroxylation is 1. The highest BCUT2D eigenvalue weighted by Crippen LogP contribution is 2.23. The van der Waals surface area contributed by atoms with Crippen LogP contribution in [0.1, 0.15) is 37.1 Å². The molecule has 1 aromatic heterocycles. The van der Waals surface area contributed by atoms with E-state index in [2.05, 4.69) is 9.82 Å².